The number of rotatable bonds is 60. The molecule has 0 fully saturated rings. The van der Waals surface area contributed by atoms with Gasteiger partial charge in [-0.05, 0) is 70.3 Å². The van der Waals surface area contributed by atoms with Crippen molar-refractivity contribution in [3.8, 4) is 0 Å². The molecule has 0 saturated heterocycles. The number of nitrogens with zero attached hydrogens (tertiary/aromatic N) is 1. The van der Waals surface area contributed by atoms with Crippen molar-refractivity contribution in [2.24, 2.45) is 0 Å². The number of esters is 1. The monoisotopic (exact) mass is 1100 g/mol. The van der Waals surface area contributed by atoms with E-state index in [1.807, 2.05) is 33.3 Å². The number of hydrogen-bond acceptors (Lipinski definition) is 6. The van der Waals surface area contributed by atoms with Crippen molar-refractivity contribution < 1.29 is 37.3 Å². The molecule has 0 aliphatic heterocycles. The van der Waals surface area contributed by atoms with E-state index in [1.54, 1.807) is 0 Å². The van der Waals surface area contributed by atoms with Gasteiger partial charge in [0.2, 0.25) is 5.91 Å². The van der Waals surface area contributed by atoms with Crippen molar-refractivity contribution in [2.45, 2.75) is 328 Å². The number of carbonyl (C=O) groups excluding carboxylic acids is 2. The second kappa shape index (κ2) is 57.2. The Bertz CT molecular complexity index is 1460. The van der Waals surface area contributed by atoms with Gasteiger partial charge in [0.15, 0.2) is 0 Å². The number of hydrogen-bond donors (Lipinski definition) is 2. The molecule has 10 heteroatoms. The van der Waals surface area contributed by atoms with Gasteiger partial charge >= 0.3 is 13.8 Å². The van der Waals surface area contributed by atoms with Crippen LogP contribution in [0.15, 0.2) is 48.6 Å². The fourth-order valence-corrected chi connectivity index (χ4v) is 10.4. The predicted molar refractivity (Wildman–Crippen MR) is 332 cm³/mol. The summed E-state index contributed by atoms with van der Waals surface area (Å²) in [5, 5.41) is 3.06. The lowest BCUT2D eigenvalue weighted by Crippen LogP contribution is -2.47. The van der Waals surface area contributed by atoms with Crippen LogP contribution in [0.3, 0.4) is 0 Å². The minimum Gasteiger partial charge on any atom is -0.456 e. The van der Waals surface area contributed by atoms with Crippen LogP contribution in [0, 0.1) is 0 Å². The van der Waals surface area contributed by atoms with Crippen LogP contribution < -0.4 is 5.32 Å². The Labute approximate surface area is 478 Å². The molecule has 0 spiro atoms. The van der Waals surface area contributed by atoms with Crippen LogP contribution >= 0.6 is 7.82 Å². The lowest BCUT2D eigenvalue weighted by molar-refractivity contribution is -0.870. The maximum absolute atomic E-state index is 13.5. The minimum atomic E-state index is -4.44. The van der Waals surface area contributed by atoms with Gasteiger partial charge in [-0.15, -0.1) is 0 Å². The number of nitrogens with one attached hydrogen (secondary N) is 1. The molecule has 0 aromatic heterocycles. The second-order valence-electron chi connectivity index (χ2n) is 23.6. The zero-order chi connectivity index (χ0) is 56.4. The largest absolute Gasteiger partial charge is 0.472 e. The van der Waals surface area contributed by atoms with E-state index in [-0.39, 0.29) is 25.1 Å². The van der Waals surface area contributed by atoms with E-state index < -0.39 is 20.0 Å². The van der Waals surface area contributed by atoms with Crippen LogP contribution in [-0.4, -0.2) is 74.3 Å². The molecule has 3 atom stereocenters. The van der Waals surface area contributed by atoms with Gasteiger partial charge in [-0.1, -0.05) is 282 Å². The lowest BCUT2D eigenvalue weighted by Gasteiger charge is -2.27. The van der Waals surface area contributed by atoms with Crippen molar-refractivity contribution in [3.05, 3.63) is 48.6 Å². The number of unbranched alkanes of at least 4 members (excludes halogenated alkanes) is 38. The molecule has 0 aliphatic rings. The fraction of sp³-hybridized carbons (Fsp3) is 0.851. The van der Waals surface area contributed by atoms with E-state index in [2.05, 4.69) is 62.5 Å². The molecule has 77 heavy (non-hydrogen) atoms. The first kappa shape index (κ1) is 75.0. The summed E-state index contributed by atoms with van der Waals surface area (Å²) >= 11 is 0. The van der Waals surface area contributed by atoms with Crippen LogP contribution in [0.5, 0.6) is 0 Å². The first-order valence-corrected chi connectivity index (χ1v) is 34.5. The Hall–Kier alpha value is -2.03. The molecule has 0 saturated carbocycles. The topological polar surface area (TPSA) is 111 Å². The molecule has 0 aliphatic carbocycles. The number of likely N-dealkylation sites (N-methyl/N-ethyl adjacent to an activating group) is 1. The summed E-state index contributed by atoms with van der Waals surface area (Å²) in [6.45, 7) is 7.01. The van der Waals surface area contributed by atoms with Gasteiger partial charge in [-0.3, -0.25) is 18.6 Å². The molecule has 0 bridgehead atoms. The van der Waals surface area contributed by atoms with Crippen molar-refractivity contribution in [3.63, 3.8) is 0 Å². The third-order valence-corrected chi connectivity index (χ3v) is 15.8. The van der Waals surface area contributed by atoms with Gasteiger partial charge in [0.25, 0.3) is 0 Å². The Morgan fingerprint density at radius 2 is 0.792 bits per heavy atom. The maximum Gasteiger partial charge on any atom is 0.472 e. The number of amides is 1. The summed E-state index contributed by atoms with van der Waals surface area (Å²) in [4.78, 5) is 37.7. The molecule has 9 nitrogen and oxygen atoms in total. The first-order chi connectivity index (χ1) is 37.4. The standard InChI is InChI=1S/C67H127N2O7P/c1-7-10-13-16-19-22-25-27-29-30-31-32-33-34-35-36-37-38-40-42-45-48-51-54-57-60-67(71)76-65(58-55-52-49-46-43-24-21-18-15-12-9-3)64(63-75-77(72,73)74-62-61-69(4,5)6)68-66(70)59-56-53-50-47-44-41-39-28-26-23-20-17-14-11-8-2/h19,22,27,29,31-32,55,58,64-65H,7-18,20-21,23-26,28,30,33-54,56-57,59-63H2,1-6H3,(H-,68,70,72,73)/p+1/b22-19-,29-27-,32-31-,58-55+. The normalized spacial score (nSPS) is 13.9. The van der Waals surface area contributed by atoms with Crippen LogP contribution in [0.2, 0.25) is 0 Å². The maximum atomic E-state index is 13.5. The third-order valence-electron chi connectivity index (χ3n) is 14.8. The number of quaternary nitrogens is 1. The van der Waals surface area contributed by atoms with Crippen LogP contribution in [0.1, 0.15) is 316 Å². The summed E-state index contributed by atoms with van der Waals surface area (Å²) in [6, 6.07) is -0.845. The van der Waals surface area contributed by atoms with Gasteiger partial charge in [-0.2, -0.15) is 0 Å². The average Bonchev–Trinajstić information content (AvgIpc) is 3.39. The quantitative estimate of drug-likeness (QED) is 0.0205. The Morgan fingerprint density at radius 3 is 1.21 bits per heavy atom. The number of carbonyl (C=O) groups is 2. The highest BCUT2D eigenvalue weighted by molar-refractivity contribution is 7.47. The summed E-state index contributed by atoms with van der Waals surface area (Å²) in [5.41, 5.74) is 0. The second-order valence-corrected chi connectivity index (χ2v) is 25.1. The highest BCUT2D eigenvalue weighted by atomic mass is 31.2. The molecule has 0 heterocycles. The molecular formula is C67H128N2O7P+. The Morgan fingerprint density at radius 1 is 0.455 bits per heavy atom. The molecule has 1 amide bonds. The molecule has 2 N–H and O–H groups in total. The molecule has 0 rings (SSSR count). The molecule has 0 aromatic rings. The van der Waals surface area contributed by atoms with Crippen molar-refractivity contribution >= 4 is 19.7 Å². The molecule has 3 unspecified atom stereocenters. The lowest BCUT2D eigenvalue weighted by atomic mass is 10.0. The van der Waals surface area contributed by atoms with Gasteiger partial charge in [0, 0.05) is 12.8 Å². The minimum absolute atomic E-state index is 0.0417. The van der Waals surface area contributed by atoms with Crippen LogP contribution in [0.25, 0.3) is 0 Å². The van der Waals surface area contributed by atoms with Crippen molar-refractivity contribution in [1.29, 1.82) is 0 Å². The van der Waals surface area contributed by atoms with Gasteiger partial charge in [0.05, 0.1) is 33.8 Å². The summed E-state index contributed by atoms with van der Waals surface area (Å²) in [6.07, 6.45) is 71.1. The van der Waals surface area contributed by atoms with E-state index in [0.29, 0.717) is 23.9 Å². The van der Waals surface area contributed by atoms with E-state index in [4.69, 9.17) is 13.8 Å². The van der Waals surface area contributed by atoms with E-state index in [1.165, 1.54) is 212 Å². The average molecular weight is 1100 g/mol. The number of ether oxygens (including phenoxy) is 1. The molecular weight excluding hydrogens is 976 g/mol. The van der Waals surface area contributed by atoms with E-state index in [0.717, 1.165) is 70.6 Å². The van der Waals surface area contributed by atoms with Crippen LogP contribution in [-0.2, 0) is 27.9 Å². The van der Waals surface area contributed by atoms with E-state index in [9.17, 15) is 19.0 Å². The van der Waals surface area contributed by atoms with Gasteiger partial charge in [0.1, 0.15) is 19.3 Å². The molecule has 0 aromatic carbocycles. The molecule has 452 valence electrons. The predicted octanol–water partition coefficient (Wildman–Crippen LogP) is 20.5. The highest BCUT2D eigenvalue weighted by Crippen LogP contribution is 2.43. The summed E-state index contributed by atoms with van der Waals surface area (Å²) in [7, 11) is 1.51. The van der Waals surface area contributed by atoms with Crippen molar-refractivity contribution in [2.75, 3.05) is 40.9 Å². The first-order valence-electron chi connectivity index (χ1n) is 33.0. The van der Waals surface area contributed by atoms with Gasteiger partial charge < -0.3 is 19.4 Å². The number of phosphoric ester groups is 1. The zero-order valence-electron chi connectivity index (χ0n) is 51.7. The smallest absolute Gasteiger partial charge is 0.456 e. The van der Waals surface area contributed by atoms with Gasteiger partial charge in [-0.25, -0.2) is 4.57 Å². The van der Waals surface area contributed by atoms with Crippen molar-refractivity contribution in [1.82, 2.24) is 5.32 Å². The van der Waals surface area contributed by atoms with E-state index >= 15 is 0 Å². The number of phosphoric acid groups is 1. The Balaban J connectivity index is 5.05. The van der Waals surface area contributed by atoms with Crippen LogP contribution in [0.4, 0.5) is 0 Å². The fourth-order valence-electron chi connectivity index (χ4n) is 9.65. The third kappa shape index (κ3) is 58.4. The Kier molecular flexibility index (Phi) is 55.7. The summed E-state index contributed by atoms with van der Waals surface area (Å²) < 4.78 is 30.7. The highest BCUT2D eigenvalue weighted by Gasteiger charge is 2.30. The zero-order valence-corrected chi connectivity index (χ0v) is 52.6. The SMILES string of the molecule is CCCCC/C=C\C/C=C\C/C=C\CCCCCCCCCCCCCCC(=O)OC(/C=C/CCCCCCCCCCC)C(COP(=O)(O)OCC[N+](C)(C)C)NC(=O)CCCCCCCCCCCCCCCCC. The molecule has 0 radical (unpaired) electrons. The number of allylic oxidation sites excluding steroid dienone is 7. The summed E-state index contributed by atoms with van der Waals surface area (Å²) in [5.74, 6) is -0.495.